The minimum atomic E-state index is -1.25. The molecule has 1 aliphatic rings. The average molecular weight is 523 g/mol. The van der Waals surface area contributed by atoms with E-state index in [-0.39, 0.29) is 30.6 Å². The second kappa shape index (κ2) is 14.9. The van der Waals surface area contributed by atoms with E-state index in [4.69, 9.17) is 20.7 Å². The molecule has 2 rings (SSSR count). The second-order valence-electron chi connectivity index (χ2n) is 8.01. The Labute approximate surface area is 212 Å². The predicted molar refractivity (Wildman–Crippen MR) is 131 cm³/mol. The van der Waals surface area contributed by atoms with E-state index in [1.54, 1.807) is 4.90 Å². The Bertz CT molecular complexity index is 953. The molecule has 3 amide bonds. The first-order chi connectivity index (χ1) is 17.2. The first-order valence-electron chi connectivity index (χ1n) is 11.2. The molecule has 1 heterocycles. The van der Waals surface area contributed by atoms with Crippen LogP contribution in [0.4, 0.5) is 0 Å². The number of carbonyl (C=O) groups is 5. The van der Waals surface area contributed by atoms with Crippen LogP contribution in [0.5, 0.6) is 0 Å². The van der Waals surface area contributed by atoms with Crippen LogP contribution in [0.1, 0.15) is 18.4 Å². The monoisotopic (exact) mass is 522 g/mol. The number of benzene rings is 1. The number of carbonyl (C=O) groups excluding carboxylic acids is 3. The number of nitrogens with one attached hydrogen (secondary N) is 2. The minimum Gasteiger partial charge on any atom is -0.480 e. The van der Waals surface area contributed by atoms with E-state index in [1.807, 2.05) is 30.3 Å². The molecule has 0 unspecified atom stereocenters. The number of likely N-dealkylation sites (tertiary alicyclic amines) is 1. The van der Waals surface area contributed by atoms with E-state index in [0.717, 1.165) is 17.3 Å². The van der Waals surface area contributed by atoms with Crippen LogP contribution in [0, 0.1) is 0 Å². The zero-order valence-electron chi connectivity index (χ0n) is 19.5. The van der Waals surface area contributed by atoms with Crippen LogP contribution in [0.15, 0.2) is 41.8 Å². The van der Waals surface area contributed by atoms with Gasteiger partial charge in [-0.1, -0.05) is 30.3 Å². The number of ether oxygens (including phenoxy) is 1. The molecular weight excluding hydrogens is 492 g/mol. The molecular formula is C23H30N4O8S. The van der Waals surface area contributed by atoms with Crippen LogP contribution in [0.25, 0.3) is 0 Å². The third-order valence-electron chi connectivity index (χ3n) is 5.12. The maximum atomic E-state index is 12.3. The van der Waals surface area contributed by atoms with Crippen LogP contribution < -0.4 is 16.4 Å². The summed E-state index contributed by atoms with van der Waals surface area (Å²) in [5.74, 6) is -4.03. The van der Waals surface area contributed by atoms with Crippen LogP contribution in [0.3, 0.4) is 0 Å². The molecule has 1 fully saturated rings. The smallest absolute Gasteiger partial charge is 0.322 e. The highest BCUT2D eigenvalue weighted by Crippen LogP contribution is 2.15. The molecule has 36 heavy (non-hydrogen) atoms. The fraction of sp³-hybridized carbons (Fsp3) is 0.435. The minimum absolute atomic E-state index is 0.0226. The van der Waals surface area contributed by atoms with Crippen LogP contribution >= 0.6 is 11.8 Å². The number of rotatable bonds is 15. The number of nitrogens with two attached hydrogens (primary N) is 1. The van der Waals surface area contributed by atoms with E-state index in [1.165, 1.54) is 11.5 Å². The zero-order valence-corrected chi connectivity index (χ0v) is 20.3. The van der Waals surface area contributed by atoms with Gasteiger partial charge < -0.3 is 36.2 Å². The van der Waals surface area contributed by atoms with Crippen molar-refractivity contribution in [3.05, 3.63) is 47.4 Å². The number of aliphatic carboxylic acids is 2. The number of nitrogens with zero attached hydrogens (tertiary/aromatic N) is 1. The molecule has 196 valence electrons. The lowest BCUT2D eigenvalue weighted by molar-refractivity contribution is -0.140. The Morgan fingerprint density at radius 1 is 1.17 bits per heavy atom. The normalized spacial score (nSPS) is 15.1. The van der Waals surface area contributed by atoms with E-state index in [2.05, 4.69) is 10.6 Å². The third kappa shape index (κ3) is 10.5. The highest BCUT2D eigenvalue weighted by Gasteiger charge is 2.30. The largest absolute Gasteiger partial charge is 0.480 e. The van der Waals surface area contributed by atoms with Gasteiger partial charge in [0.15, 0.2) is 0 Å². The van der Waals surface area contributed by atoms with Crippen molar-refractivity contribution in [1.29, 1.82) is 0 Å². The van der Waals surface area contributed by atoms with Gasteiger partial charge in [0.05, 0.1) is 12.7 Å². The Morgan fingerprint density at radius 2 is 1.86 bits per heavy atom. The summed E-state index contributed by atoms with van der Waals surface area (Å²) in [6.45, 7) is 0.778. The van der Waals surface area contributed by atoms with Crippen molar-refractivity contribution in [2.75, 3.05) is 25.4 Å². The van der Waals surface area contributed by atoms with Crippen LogP contribution in [-0.4, -0.2) is 88.3 Å². The summed E-state index contributed by atoms with van der Waals surface area (Å²) >= 11 is 1.08. The summed E-state index contributed by atoms with van der Waals surface area (Å²) in [5.41, 5.74) is 6.43. The fourth-order valence-corrected chi connectivity index (χ4v) is 3.77. The third-order valence-corrected chi connectivity index (χ3v) is 5.98. The van der Waals surface area contributed by atoms with Crippen molar-refractivity contribution < 1.29 is 38.9 Å². The lowest BCUT2D eigenvalue weighted by Gasteiger charge is -2.38. The fourth-order valence-electron chi connectivity index (χ4n) is 3.02. The van der Waals surface area contributed by atoms with Crippen molar-refractivity contribution in [3.63, 3.8) is 0 Å². The SMILES string of the molecule is N[C@@H](CCC(=O)N[C@@H](CS/C=C\C(=O)N1CC(OCc2ccccc2)C1)C(=O)NCC(=O)O)C(=O)O. The first-order valence-corrected chi connectivity index (χ1v) is 12.2. The molecule has 1 saturated heterocycles. The van der Waals surface area contributed by atoms with E-state index >= 15 is 0 Å². The van der Waals surface area contributed by atoms with Gasteiger partial charge in [0, 0.05) is 31.3 Å². The van der Waals surface area contributed by atoms with Gasteiger partial charge in [-0.25, -0.2) is 0 Å². The summed E-state index contributed by atoms with van der Waals surface area (Å²) < 4.78 is 5.76. The quantitative estimate of drug-likeness (QED) is 0.189. The summed E-state index contributed by atoms with van der Waals surface area (Å²) in [4.78, 5) is 59.8. The number of hydrogen-bond acceptors (Lipinski definition) is 8. The maximum absolute atomic E-state index is 12.3. The van der Waals surface area contributed by atoms with Gasteiger partial charge in [0.1, 0.15) is 18.6 Å². The number of hydrogen-bond donors (Lipinski definition) is 5. The lowest BCUT2D eigenvalue weighted by Crippen LogP contribution is -2.54. The Morgan fingerprint density at radius 3 is 2.50 bits per heavy atom. The summed E-state index contributed by atoms with van der Waals surface area (Å²) in [7, 11) is 0. The van der Waals surface area contributed by atoms with Gasteiger partial charge in [0.2, 0.25) is 17.7 Å². The molecule has 0 bridgehead atoms. The topological polar surface area (TPSA) is 188 Å². The zero-order chi connectivity index (χ0) is 26.5. The Kier molecular flexibility index (Phi) is 11.9. The summed E-state index contributed by atoms with van der Waals surface area (Å²) in [5, 5.41) is 23.7. The van der Waals surface area contributed by atoms with Crippen molar-refractivity contribution in [3.8, 4) is 0 Å². The van der Waals surface area contributed by atoms with Crippen molar-refractivity contribution >= 4 is 41.4 Å². The molecule has 12 nitrogen and oxygen atoms in total. The number of carboxylic acids is 2. The van der Waals surface area contributed by atoms with E-state index in [9.17, 15) is 24.0 Å². The molecule has 0 aliphatic carbocycles. The molecule has 0 radical (unpaired) electrons. The van der Waals surface area contributed by atoms with Gasteiger partial charge in [-0.3, -0.25) is 24.0 Å². The van der Waals surface area contributed by atoms with Gasteiger partial charge in [-0.15, -0.1) is 11.8 Å². The second-order valence-corrected chi connectivity index (χ2v) is 8.95. The number of amides is 3. The Hall–Kier alpha value is -3.42. The van der Waals surface area contributed by atoms with Crippen LogP contribution in [0.2, 0.25) is 0 Å². The van der Waals surface area contributed by atoms with Crippen molar-refractivity contribution in [2.45, 2.75) is 37.6 Å². The Balaban J connectivity index is 1.76. The molecule has 0 aromatic heterocycles. The maximum Gasteiger partial charge on any atom is 0.322 e. The number of thioether (sulfide) groups is 1. The van der Waals surface area contributed by atoms with E-state index < -0.39 is 42.4 Å². The molecule has 1 aromatic rings. The lowest BCUT2D eigenvalue weighted by atomic mass is 10.1. The van der Waals surface area contributed by atoms with Gasteiger partial charge in [-0.2, -0.15) is 0 Å². The molecule has 1 aromatic carbocycles. The highest BCUT2D eigenvalue weighted by molar-refractivity contribution is 8.02. The first kappa shape index (κ1) is 28.8. The van der Waals surface area contributed by atoms with E-state index in [0.29, 0.717) is 19.7 Å². The molecule has 13 heteroatoms. The summed E-state index contributed by atoms with van der Waals surface area (Å²) in [6, 6.07) is 7.39. The number of carboxylic acid groups (broad SMARTS) is 2. The molecule has 2 atom stereocenters. The summed E-state index contributed by atoms with van der Waals surface area (Å²) in [6.07, 6.45) is 0.954. The standard InChI is InChI=1S/C23H30N4O8S/c24-17(23(33)34)6-7-19(28)26-18(22(32)25-10-21(30)31)14-36-9-8-20(29)27-11-16(12-27)35-13-15-4-2-1-3-5-15/h1-5,8-9,16-18H,6-7,10-14,24H2,(H,25,32)(H,26,28)(H,30,31)(H,33,34)/b9-8-/t17-,18-/m0/s1. The van der Waals surface area contributed by atoms with Crippen LogP contribution in [-0.2, 0) is 35.3 Å². The average Bonchev–Trinajstić information content (AvgIpc) is 2.82. The predicted octanol–water partition coefficient (Wildman–Crippen LogP) is -0.461. The molecule has 0 spiro atoms. The van der Waals surface area contributed by atoms with Gasteiger partial charge in [0.25, 0.3) is 0 Å². The van der Waals surface area contributed by atoms with Gasteiger partial charge >= 0.3 is 11.9 Å². The van der Waals surface area contributed by atoms with Crippen molar-refractivity contribution in [2.24, 2.45) is 5.73 Å². The highest BCUT2D eigenvalue weighted by atomic mass is 32.2. The molecule has 6 N–H and O–H groups in total. The van der Waals surface area contributed by atoms with Crippen molar-refractivity contribution in [1.82, 2.24) is 15.5 Å². The van der Waals surface area contributed by atoms with Gasteiger partial charge in [-0.05, 0) is 17.4 Å². The molecule has 0 saturated carbocycles. The molecule has 1 aliphatic heterocycles.